The summed E-state index contributed by atoms with van der Waals surface area (Å²) in [6, 6.07) is 0. The fourth-order valence-electron chi connectivity index (χ4n) is 2.21. The highest BCUT2D eigenvalue weighted by Gasteiger charge is 2.35. The molecule has 2 aliphatic heterocycles. The Kier molecular flexibility index (Phi) is 1.60. The van der Waals surface area contributed by atoms with Gasteiger partial charge in [-0.25, -0.2) is 0 Å². The molecule has 0 saturated carbocycles. The van der Waals surface area contributed by atoms with Crippen LogP contribution >= 0.6 is 0 Å². The highest BCUT2D eigenvalue weighted by molar-refractivity contribution is 5.18. The van der Waals surface area contributed by atoms with E-state index < -0.39 is 0 Å². The van der Waals surface area contributed by atoms with E-state index in [1.165, 1.54) is 18.7 Å². The molecule has 0 aliphatic carbocycles. The Morgan fingerprint density at radius 1 is 1.50 bits per heavy atom. The first-order valence-electron chi connectivity index (χ1n) is 4.80. The largest absolute Gasteiger partial charge is 0.389 e. The third kappa shape index (κ3) is 1.10. The number of nitrogens with one attached hydrogen (secondary N) is 1. The molecule has 1 atom stereocenters. The van der Waals surface area contributed by atoms with Crippen LogP contribution in [-0.4, -0.2) is 23.5 Å². The summed E-state index contributed by atoms with van der Waals surface area (Å²) in [6.07, 6.45) is 3.53. The molecule has 2 aliphatic rings. The number of rotatable bonds is 0. The van der Waals surface area contributed by atoms with Crippen molar-refractivity contribution in [3.8, 4) is 0 Å². The zero-order valence-corrected chi connectivity index (χ0v) is 8.22. The van der Waals surface area contributed by atoms with Gasteiger partial charge in [0.2, 0.25) is 0 Å². The molecule has 2 heterocycles. The van der Waals surface area contributed by atoms with Crippen LogP contribution in [0.2, 0.25) is 0 Å². The van der Waals surface area contributed by atoms with E-state index in [1.807, 2.05) is 0 Å². The van der Waals surface area contributed by atoms with Crippen molar-refractivity contribution in [1.82, 2.24) is 10.2 Å². The summed E-state index contributed by atoms with van der Waals surface area (Å²) in [6.45, 7) is 9.25. The van der Waals surface area contributed by atoms with Gasteiger partial charge in [0.1, 0.15) is 0 Å². The third-order valence-electron chi connectivity index (χ3n) is 2.86. The summed E-state index contributed by atoms with van der Waals surface area (Å²) in [7, 11) is 0. The van der Waals surface area contributed by atoms with Crippen molar-refractivity contribution in [2.45, 2.75) is 32.7 Å². The molecular formula is C10H18N2. The van der Waals surface area contributed by atoms with Crippen molar-refractivity contribution < 1.29 is 0 Å². The number of nitrogens with zero attached hydrogens (tertiary/aromatic N) is 1. The molecular weight excluding hydrogens is 148 g/mol. The van der Waals surface area contributed by atoms with Crippen LogP contribution in [0.25, 0.3) is 0 Å². The molecule has 0 spiro atoms. The minimum absolute atomic E-state index is 0.298. The lowest BCUT2D eigenvalue weighted by Crippen LogP contribution is -2.37. The molecule has 2 rings (SSSR count). The predicted molar refractivity (Wildman–Crippen MR) is 50.7 cm³/mol. The lowest BCUT2D eigenvalue weighted by molar-refractivity contribution is 0.211. The van der Waals surface area contributed by atoms with E-state index in [0.717, 1.165) is 12.5 Å². The Labute approximate surface area is 74.6 Å². The summed E-state index contributed by atoms with van der Waals surface area (Å²) in [5.74, 6) is 0.796. The van der Waals surface area contributed by atoms with Gasteiger partial charge in [0.25, 0.3) is 0 Å². The smallest absolute Gasteiger partial charge is 0.0346 e. The van der Waals surface area contributed by atoms with Crippen LogP contribution < -0.4 is 5.32 Å². The highest BCUT2D eigenvalue weighted by atomic mass is 15.2. The number of likely N-dealkylation sites (tertiary alicyclic amines) is 1. The van der Waals surface area contributed by atoms with Crippen molar-refractivity contribution >= 4 is 0 Å². The van der Waals surface area contributed by atoms with E-state index in [1.54, 1.807) is 0 Å². The van der Waals surface area contributed by atoms with E-state index in [0.29, 0.717) is 5.54 Å². The predicted octanol–water partition coefficient (Wildman–Crippen LogP) is 1.55. The average Bonchev–Trinajstić information content (AvgIpc) is 2.37. The van der Waals surface area contributed by atoms with Crippen LogP contribution in [-0.2, 0) is 0 Å². The molecule has 12 heavy (non-hydrogen) atoms. The molecule has 2 heteroatoms. The molecule has 0 aromatic heterocycles. The van der Waals surface area contributed by atoms with E-state index in [4.69, 9.17) is 0 Å². The average molecular weight is 166 g/mol. The number of hydrogen-bond acceptors (Lipinski definition) is 2. The Morgan fingerprint density at radius 2 is 2.25 bits per heavy atom. The van der Waals surface area contributed by atoms with Gasteiger partial charge >= 0.3 is 0 Å². The van der Waals surface area contributed by atoms with Crippen LogP contribution in [0, 0.1) is 5.92 Å². The Hall–Kier alpha value is -0.660. The number of fused-ring (bicyclic) bond motifs is 1. The quantitative estimate of drug-likeness (QED) is 0.587. The molecule has 0 amide bonds. The first-order valence-corrected chi connectivity index (χ1v) is 4.80. The van der Waals surface area contributed by atoms with Gasteiger partial charge in [0.15, 0.2) is 0 Å². The van der Waals surface area contributed by atoms with Crippen molar-refractivity contribution in [3.63, 3.8) is 0 Å². The van der Waals surface area contributed by atoms with Crippen LogP contribution in [0.3, 0.4) is 0 Å². The van der Waals surface area contributed by atoms with Crippen molar-refractivity contribution in [3.05, 3.63) is 11.9 Å². The maximum absolute atomic E-state index is 3.32. The molecule has 0 aromatic carbocycles. The highest BCUT2D eigenvalue weighted by Crippen LogP contribution is 2.35. The molecule has 1 N–H and O–H groups in total. The fraction of sp³-hybridized carbons (Fsp3) is 0.800. The molecule has 68 valence electrons. The molecule has 0 radical (unpaired) electrons. The van der Waals surface area contributed by atoms with Crippen LogP contribution in [0.1, 0.15) is 27.2 Å². The summed E-state index contributed by atoms with van der Waals surface area (Å²) in [4.78, 5) is 2.53. The summed E-state index contributed by atoms with van der Waals surface area (Å²) < 4.78 is 0. The normalized spacial score (nSPS) is 28.4. The summed E-state index contributed by atoms with van der Waals surface area (Å²) in [5, 5.41) is 3.32. The van der Waals surface area contributed by atoms with Gasteiger partial charge in [-0.05, 0) is 27.2 Å². The second kappa shape index (κ2) is 2.41. The summed E-state index contributed by atoms with van der Waals surface area (Å²) >= 11 is 0. The van der Waals surface area contributed by atoms with Gasteiger partial charge in [-0.3, -0.25) is 0 Å². The van der Waals surface area contributed by atoms with Crippen LogP contribution in [0.15, 0.2) is 11.9 Å². The Morgan fingerprint density at radius 3 is 2.92 bits per heavy atom. The van der Waals surface area contributed by atoms with Crippen molar-refractivity contribution in [1.29, 1.82) is 0 Å². The topological polar surface area (TPSA) is 15.3 Å². The first-order chi connectivity index (χ1) is 5.59. The van der Waals surface area contributed by atoms with E-state index in [2.05, 4.69) is 37.2 Å². The maximum Gasteiger partial charge on any atom is 0.0346 e. The van der Waals surface area contributed by atoms with Crippen molar-refractivity contribution in [2.24, 2.45) is 5.92 Å². The maximum atomic E-state index is 3.32. The van der Waals surface area contributed by atoms with Gasteiger partial charge in [-0.1, -0.05) is 0 Å². The zero-order valence-electron chi connectivity index (χ0n) is 8.22. The Balaban J connectivity index is 2.19. The monoisotopic (exact) mass is 166 g/mol. The third-order valence-corrected chi connectivity index (χ3v) is 2.86. The summed E-state index contributed by atoms with van der Waals surface area (Å²) in [5.41, 5.74) is 1.83. The zero-order chi connectivity index (χ0) is 8.77. The fourth-order valence-corrected chi connectivity index (χ4v) is 2.21. The molecule has 1 saturated heterocycles. The van der Waals surface area contributed by atoms with Gasteiger partial charge in [-0.15, -0.1) is 0 Å². The lowest BCUT2D eigenvalue weighted by atomic mass is 10.1. The number of hydrogen-bond donors (Lipinski definition) is 1. The minimum atomic E-state index is 0.298. The van der Waals surface area contributed by atoms with Crippen molar-refractivity contribution in [2.75, 3.05) is 13.1 Å². The molecule has 0 bridgehead atoms. The van der Waals surface area contributed by atoms with Gasteiger partial charge in [0, 0.05) is 36.4 Å². The molecule has 1 unspecified atom stereocenters. The SMILES string of the molecule is CC(C)(C)N1CCC2CNC=C21. The van der Waals surface area contributed by atoms with Crippen LogP contribution in [0.5, 0.6) is 0 Å². The molecule has 0 aromatic rings. The van der Waals surface area contributed by atoms with Crippen LogP contribution in [0.4, 0.5) is 0 Å². The second-order valence-corrected chi connectivity index (χ2v) is 4.79. The Bertz CT molecular complexity index is 212. The molecule has 2 nitrogen and oxygen atoms in total. The van der Waals surface area contributed by atoms with E-state index in [9.17, 15) is 0 Å². The molecule has 1 fully saturated rings. The van der Waals surface area contributed by atoms with E-state index in [-0.39, 0.29) is 0 Å². The lowest BCUT2D eigenvalue weighted by Gasteiger charge is -2.34. The second-order valence-electron chi connectivity index (χ2n) is 4.79. The standard InChI is InChI=1S/C10H18N2/c1-10(2,3)12-5-4-8-6-11-7-9(8)12/h7-8,11H,4-6H2,1-3H3. The minimum Gasteiger partial charge on any atom is -0.389 e. The first kappa shape index (κ1) is 7.96. The van der Waals surface area contributed by atoms with Gasteiger partial charge < -0.3 is 10.2 Å². The van der Waals surface area contributed by atoms with Gasteiger partial charge in [-0.2, -0.15) is 0 Å². The van der Waals surface area contributed by atoms with E-state index >= 15 is 0 Å². The van der Waals surface area contributed by atoms with Gasteiger partial charge in [0.05, 0.1) is 0 Å².